The standard InChI is InChI=1S/C14H19F3O5/c1-3-13(2,6-18)12(20)22-10-5-8(14(15,16)17)7-4-9(10)21-11(7)19/h7-10,18H,3-6H2,1-2H3. The summed E-state index contributed by atoms with van der Waals surface area (Å²) in [5.41, 5.74) is -1.17. The van der Waals surface area contributed by atoms with Gasteiger partial charge in [-0.15, -0.1) is 0 Å². The van der Waals surface area contributed by atoms with Crippen LogP contribution < -0.4 is 0 Å². The van der Waals surface area contributed by atoms with Crippen molar-refractivity contribution >= 4 is 11.9 Å². The molecule has 0 amide bonds. The van der Waals surface area contributed by atoms with Gasteiger partial charge in [0, 0.05) is 12.8 Å². The van der Waals surface area contributed by atoms with E-state index in [0.29, 0.717) is 0 Å². The van der Waals surface area contributed by atoms with E-state index in [1.165, 1.54) is 6.92 Å². The van der Waals surface area contributed by atoms with E-state index in [0.717, 1.165) is 0 Å². The highest BCUT2D eigenvalue weighted by Gasteiger charge is 2.59. The van der Waals surface area contributed by atoms with Gasteiger partial charge in [-0.2, -0.15) is 13.2 Å². The molecule has 1 aliphatic carbocycles. The molecule has 22 heavy (non-hydrogen) atoms. The summed E-state index contributed by atoms with van der Waals surface area (Å²) in [4.78, 5) is 23.7. The fraction of sp³-hybridized carbons (Fsp3) is 0.857. The third-order valence-corrected chi connectivity index (χ3v) is 4.74. The van der Waals surface area contributed by atoms with Crippen LogP contribution in [0.1, 0.15) is 33.1 Å². The molecule has 8 heteroatoms. The third-order valence-electron chi connectivity index (χ3n) is 4.74. The van der Waals surface area contributed by atoms with Crippen molar-refractivity contribution in [3.05, 3.63) is 0 Å². The predicted molar refractivity (Wildman–Crippen MR) is 67.5 cm³/mol. The number of halogens is 3. The van der Waals surface area contributed by atoms with Crippen LogP contribution in [-0.2, 0) is 19.1 Å². The van der Waals surface area contributed by atoms with Gasteiger partial charge in [0.2, 0.25) is 0 Å². The fourth-order valence-corrected chi connectivity index (χ4v) is 2.84. The van der Waals surface area contributed by atoms with Crippen molar-refractivity contribution in [1.82, 2.24) is 0 Å². The molecule has 5 nitrogen and oxygen atoms in total. The first-order valence-corrected chi connectivity index (χ1v) is 7.21. The van der Waals surface area contributed by atoms with Gasteiger partial charge >= 0.3 is 18.1 Å². The lowest BCUT2D eigenvalue weighted by atomic mass is 9.78. The molecule has 0 aromatic heterocycles. The van der Waals surface area contributed by atoms with Gasteiger partial charge in [-0.1, -0.05) is 6.92 Å². The quantitative estimate of drug-likeness (QED) is 0.799. The first kappa shape index (κ1) is 17.1. The topological polar surface area (TPSA) is 72.8 Å². The highest BCUT2D eigenvalue weighted by Crippen LogP contribution is 2.47. The summed E-state index contributed by atoms with van der Waals surface area (Å²) in [7, 11) is 0. The maximum atomic E-state index is 13.1. The Morgan fingerprint density at radius 1 is 1.41 bits per heavy atom. The Hall–Kier alpha value is -1.31. The molecule has 1 heterocycles. The van der Waals surface area contributed by atoms with Crippen molar-refractivity contribution in [2.45, 2.75) is 51.5 Å². The average Bonchev–Trinajstić information content (AvgIpc) is 2.76. The largest absolute Gasteiger partial charge is 0.458 e. The number of ether oxygens (including phenoxy) is 2. The van der Waals surface area contributed by atoms with Crippen molar-refractivity contribution in [2.24, 2.45) is 17.3 Å². The molecule has 0 radical (unpaired) electrons. The molecule has 2 fully saturated rings. The third kappa shape index (κ3) is 2.93. The number of carbonyl (C=O) groups excluding carboxylic acids is 2. The maximum absolute atomic E-state index is 13.1. The number of esters is 2. The fourth-order valence-electron chi connectivity index (χ4n) is 2.84. The molecule has 1 saturated carbocycles. The van der Waals surface area contributed by atoms with Crippen LogP contribution in [0, 0.1) is 17.3 Å². The summed E-state index contributed by atoms with van der Waals surface area (Å²) in [6.07, 6.45) is -6.80. The van der Waals surface area contributed by atoms with Crippen LogP contribution in [-0.4, -0.2) is 42.0 Å². The van der Waals surface area contributed by atoms with E-state index < -0.39 is 60.6 Å². The van der Waals surface area contributed by atoms with E-state index in [2.05, 4.69) is 0 Å². The number of rotatable bonds is 4. The lowest BCUT2D eigenvalue weighted by Gasteiger charge is -2.34. The summed E-state index contributed by atoms with van der Waals surface area (Å²) in [5.74, 6) is -4.73. The molecule has 5 atom stereocenters. The molecular formula is C14H19F3O5. The van der Waals surface area contributed by atoms with Gasteiger partial charge in [-0.3, -0.25) is 9.59 Å². The number of aliphatic hydroxyl groups is 1. The summed E-state index contributed by atoms with van der Waals surface area (Å²) < 4.78 is 49.3. The Bertz CT molecular complexity index is 458. The van der Waals surface area contributed by atoms with Crippen LogP contribution in [0.2, 0.25) is 0 Å². The van der Waals surface area contributed by atoms with Gasteiger partial charge in [0.15, 0.2) is 0 Å². The van der Waals surface area contributed by atoms with Crippen LogP contribution in [0.25, 0.3) is 0 Å². The lowest BCUT2D eigenvalue weighted by molar-refractivity contribution is -0.208. The van der Waals surface area contributed by atoms with Gasteiger partial charge in [0.05, 0.1) is 23.9 Å². The van der Waals surface area contributed by atoms with Crippen molar-refractivity contribution in [3.8, 4) is 0 Å². The number of fused-ring (bicyclic) bond motifs is 2. The van der Waals surface area contributed by atoms with Gasteiger partial charge in [0.1, 0.15) is 12.2 Å². The molecule has 1 saturated heterocycles. The van der Waals surface area contributed by atoms with Gasteiger partial charge < -0.3 is 14.6 Å². The molecular weight excluding hydrogens is 305 g/mol. The molecule has 2 bridgehead atoms. The van der Waals surface area contributed by atoms with E-state index in [9.17, 15) is 27.9 Å². The molecule has 5 unspecified atom stereocenters. The van der Waals surface area contributed by atoms with Crippen molar-refractivity contribution in [1.29, 1.82) is 0 Å². The Labute approximate surface area is 125 Å². The van der Waals surface area contributed by atoms with Crippen LogP contribution in [0.5, 0.6) is 0 Å². The van der Waals surface area contributed by atoms with E-state index in [-0.39, 0.29) is 12.8 Å². The summed E-state index contributed by atoms with van der Waals surface area (Å²) in [6.45, 7) is 2.68. The number of hydrogen-bond acceptors (Lipinski definition) is 5. The molecule has 126 valence electrons. The molecule has 2 aliphatic rings. The van der Waals surface area contributed by atoms with Crippen molar-refractivity contribution < 1.29 is 37.3 Å². The van der Waals surface area contributed by atoms with E-state index in [1.807, 2.05) is 0 Å². The number of aliphatic hydroxyl groups excluding tert-OH is 1. The SMILES string of the molecule is CCC(C)(CO)C(=O)OC1CC(C(F)(F)F)C2CC1OC2=O. The summed E-state index contributed by atoms with van der Waals surface area (Å²) in [5, 5.41) is 9.27. The Morgan fingerprint density at radius 2 is 2.05 bits per heavy atom. The van der Waals surface area contributed by atoms with Crippen LogP contribution in [0.15, 0.2) is 0 Å². The van der Waals surface area contributed by atoms with Gasteiger partial charge in [-0.05, 0) is 13.3 Å². The zero-order chi connectivity index (χ0) is 16.7. The highest BCUT2D eigenvalue weighted by atomic mass is 19.4. The van der Waals surface area contributed by atoms with E-state index in [1.54, 1.807) is 6.92 Å². The zero-order valence-electron chi connectivity index (χ0n) is 12.4. The normalized spacial score (nSPS) is 34.0. The molecule has 0 aromatic carbocycles. The van der Waals surface area contributed by atoms with E-state index in [4.69, 9.17) is 9.47 Å². The molecule has 1 aliphatic heterocycles. The second-order valence-electron chi connectivity index (χ2n) is 6.22. The number of carbonyl (C=O) groups is 2. The zero-order valence-corrected chi connectivity index (χ0v) is 12.4. The highest BCUT2D eigenvalue weighted by molar-refractivity contribution is 5.78. The average molecular weight is 324 g/mol. The van der Waals surface area contributed by atoms with Crippen LogP contribution in [0.3, 0.4) is 0 Å². The molecule has 2 rings (SSSR count). The second kappa shape index (κ2) is 5.72. The van der Waals surface area contributed by atoms with Crippen molar-refractivity contribution in [3.63, 3.8) is 0 Å². The Kier molecular flexibility index (Phi) is 4.43. The van der Waals surface area contributed by atoms with Crippen LogP contribution >= 0.6 is 0 Å². The Morgan fingerprint density at radius 3 is 2.55 bits per heavy atom. The first-order chi connectivity index (χ1) is 10.1. The molecule has 1 N–H and O–H groups in total. The molecule has 0 aromatic rings. The minimum Gasteiger partial charge on any atom is -0.458 e. The van der Waals surface area contributed by atoms with Crippen molar-refractivity contribution in [2.75, 3.05) is 6.61 Å². The van der Waals surface area contributed by atoms with Crippen LogP contribution in [0.4, 0.5) is 13.2 Å². The minimum absolute atomic E-state index is 0.0943. The van der Waals surface area contributed by atoms with Gasteiger partial charge in [0.25, 0.3) is 0 Å². The smallest absolute Gasteiger partial charge is 0.392 e. The first-order valence-electron chi connectivity index (χ1n) is 7.21. The minimum atomic E-state index is -4.55. The Balaban J connectivity index is 2.15. The molecule has 0 spiro atoms. The summed E-state index contributed by atoms with van der Waals surface area (Å²) >= 11 is 0. The predicted octanol–water partition coefficient (Wildman–Crippen LogP) is 1.82. The number of hydrogen-bond donors (Lipinski definition) is 1. The van der Waals surface area contributed by atoms with E-state index >= 15 is 0 Å². The van der Waals surface area contributed by atoms with Gasteiger partial charge in [-0.25, -0.2) is 0 Å². The number of alkyl halides is 3. The monoisotopic (exact) mass is 324 g/mol. The maximum Gasteiger partial charge on any atom is 0.392 e. The lowest BCUT2D eigenvalue weighted by Crippen LogP contribution is -2.45. The second-order valence-corrected chi connectivity index (χ2v) is 6.22. The summed E-state index contributed by atoms with van der Waals surface area (Å²) in [6, 6.07) is 0.